The van der Waals surface area contributed by atoms with Gasteiger partial charge in [0.15, 0.2) is 0 Å². The minimum Gasteiger partial charge on any atom is -0.369 e. The minimum atomic E-state index is -0.231. The molecule has 3 rings (SSSR count). The average Bonchev–Trinajstić information content (AvgIpc) is 3.10. The average molecular weight is 328 g/mol. The maximum atomic E-state index is 12.0. The molecule has 2 aromatic rings. The molecule has 6 heteroatoms. The SMILES string of the molecule is CCc1cc(C(=O)NCc2ccc(N3CCN(C)CC3)cc2)on1. The van der Waals surface area contributed by atoms with Gasteiger partial charge in [0.05, 0.1) is 5.69 Å². The fourth-order valence-corrected chi connectivity index (χ4v) is 2.74. The number of hydrogen-bond acceptors (Lipinski definition) is 5. The Balaban J connectivity index is 1.53. The van der Waals surface area contributed by atoms with Crippen LogP contribution in [0.3, 0.4) is 0 Å². The summed E-state index contributed by atoms with van der Waals surface area (Å²) < 4.78 is 5.04. The fourth-order valence-electron chi connectivity index (χ4n) is 2.74. The van der Waals surface area contributed by atoms with Gasteiger partial charge in [-0.25, -0.2) is 0 Å². The number of aryl methyl sites for hydroxylation is 1. The van der Waals surface area contributed by atoms with Gasteiger partial charge in [-0.1, -0.05) is 24.2 Å². The molecule has 0 radical (unpaired) electrons. The van der Waals surface area contributed by atoms with Crippen molar-refractivity contribution in [3.8, 4) is 0 Å². The zero-order chi connectivity index (χ0) is 16.9. The van der Waals surface area contributed by atoms with E-state index in [1.165, 1.54) is 5.69 Å². The van der Waals surface area contributed by atoms with E-state index in [1.54, 1.807) is 6.07 Å². The fraction of sp³-hybridized carbons (Fsp3) is 0.444. The molecule has 1 fully saturated rings. The minimum absolute atomic E-state index is 0.231. The van der Waals surface area contributed by atoms with Crippen LogP contribution in [0.2, 0.25) is 0 Å². The topological polar surface area (TPSA) is 61.6 Å². The number of carbonyl (C=O) groups is 1. The molecule has 1 aromatic heterocycles. The lowest BCUT2D eigenvalue weighted by Crippen LogP contribution is -2.44. The van der Waals surface area contributed by atoms with Crippen molar-refractivity contribution in [2.24, 2.45) is 0 Å². The van der Waals surface area contributed by atoms with Gasteiger partial charge in [-0.15, -0.1) is 0 Å². The molecule has 0 bridgehead atoms. The summed E-state index contributed by atoms with van der Waals surface area (Å²) in [5.41, 5.74) is 3.09. The largest absolute Gasteiger partial charge is 0.369 e. The Kier molecular flexibility index (Phi) is 5.15. The summed E-state index contributed by atoms with van der Waals surface area (Å²) in [5, 5.41) is 6.70. The summed E-state index contributed by atoms with van der Waals surface area (Å²) in [4.78, 5) is 16.8. The van der Waals surface area contributed by atoms with Crippen molar-refractivity contribution in [1.29, 1.82) is 0 Å². The van der Waals surface area contributed by atoms with Crippen molar-refractivity contribution in [1.82, 2.24) is 15.4 Å². The number of carbonyl (C=O) groups excluding carboxylic acids is 1. The van der Waals surface area contributed by atoms with E-state index in [-0.39, 0.29) is 11.7 Å². The number of nitrogens with zero attached hydrogens (tertiary/aromatic N) is 3. The van der Waals surface area contributed by atoms with E-state index in [2.05, 4.69) is 51.6 Å². The van der Waals surface area contributed by atoms with Crippen molar-refractivity contribution in [3.63, 3.8) is 0 Å². The number of piperazine rings is 1. The maximum absolute atomic E-state index is 12.0. The molecule has 1 aromatic carbocycles. The predicted octanol–water partition coefficient (Wildman–Crippen LogP) is 1.92. The number of nitrogens with one attached hydrogen (secondary N) is 1. The molecule has 1 aliphatic heterocycles. The van der Waals surface area contributed by atoms with Crippen molar-refractivity contribution in [2.45, 2.75) is 19.9 Å². The molecule has 0 unspecified atom stereocenters. The molecule has 0 spiro atoms. The van der Waals surface area contributed by atoms with E-state index in [9.17, 15) is 4.79 Å². The second-order valence-electron chi connectivity index (χ2n) is 6.18. The lowest BCUT2D eigenvalue weighted by molar-refractivity contribution is 0.0914. The maximum Gasteiger partial charge on any atom is 0.290 e. The number of amides is 1. The molecule has 24 heavy (non-hydrogen) atoms. The van der Waals surface area contributed by atoms with Crippen LogP contribution in [0.4, 0.5) is 5.69 Å². The van der Waals surface area contributed by atoms with Crippen molar-refractivity contribution in [3.05, 3.63) is 47.3 Å². The summed E-state index contributed by atoms with van der Waals surface area (Å²) in [6, 6.07) is 10.1. The summed E-state index contributed by atoms with van der Waals surface area (Å²) in [5.74, 6) is 0.0336. The highest BCUT2D eigenvalue weighted by molar-refractivity contribution is 5.91. The van der Waals surface area contributed by atoms with Gasteiger partial charge >= 0.3 is 0 Å². The number of rotatable bonds is 5. The Morgan fingerprint density at radius 2 is 1.92 bits per heavy atom. The van der Waals surface area contributed by atoms with Crippen LogP contribution in [0, 0.1) is 0 Å². The molecule has 6 nitrogen and oxygen atoms in total. The zero-order valence-electron chi connectivity index (χ0n) is 14.3. The van der Waals surface area contributed by atoms with Crippen LogP contribution in [0.1, 0.15) is 28.7 Å². The molecular weight excluding hydrogens is 304 g/mol. The van der Waals surface area contributed by atoms with E-state index < -0.39 is 0 Å². The first-order valence-corrected chi connectivity index (χ1v) is 8.42. The lowest BCUT2D eigenvalue weighted by atomic mass is 10.1. The van der Waals surface area contributed by atoms with Gasteiger partial charge < -0.3 is 19.6 Å². The van der Waals surface area contributed by atoms with Crippen molar-refractivity contribution in [2.75, 3.05) is 38.1 Å². The van der Waals surface area contributed by atoms with E-state index in [4.69, 9.17) is 4.52 Å². The number of hydrogen-bond donors (Lipinski definition) is 1. The Hall–Kier alpha value is -2.34. The van der Waals surface area contributed by atoms with Crippen LogP contribution in [0.25, 0.3) is 0 Å². The molecule has 0 saturated carbocycles. The van der Waals surface area contributed by atoms with Crippen LogP contribution in [0.15, 0.2) is 34.9 Å². The number of benzene rings is 1. The van der Waals surface area contributed by atoms with Gasteiger partial charge in [0.2, 0.25) is 5.76 Å². The standard InChI is InChI=1S/C18H24N4O2/c1-3-15-12-17(24-20-15)18(23)19-13-14-4-6-16(7-5-14)22-10-8-21(2)9-11-22/h4-7,12H,3,8-11,13H2,1-2H3,(H,19,23). The van der Waals surface area contributed by atoms with Gasteiger partial charge in [-0.05, 0) is 31.2 Å². The van der Waals surface area contributed by atoms with Crippen molar-refractivity contribution < 1.29 is 9.32 Å². The molecule has 1 amide bonds. The third-order valence-corrected chi connectivity index (χ3v) is 4.40. The van der Waals surface area contributed by atoms with Gasteiger partial charge in [0, 0.05) is 44.5 Å². The Morgan fingerprint density at radius 1 is 1.21 bits per heavy atom. The van der Waals surface area contributed by atoms with E-state index in [0.717, 1.165) is 43.9 Å². The van der Waals surface area contributed by atoms with E-state index in [0.29, 0.717) is 6.54 Å². The number of aromatic nitrogens is 1. The highest BCUT2D eigenvalue weighted by Crippen LogP contribution is 2.17. The third-order valence-electron chi connectivity index (χ3n) is 4.40. The van der Waals surface area contributed by atoms with E-state index in [1.807, 2.05) is 6.92 Å². The summed E-state index contributed by atoms with van der Waals surface area (Å²) in [6.07, 6.45) is 0.754. The van der Waals surface area contributed by atoms with Crippen LogP contribution in [-0.2, 0) is 13.0 Å². The van der Waals surface area contributed by atoms with Gasteiger partial charge in [0.25, 0.3) is 5.91 Å². The predicted molar refractivity (Wildman–Crippen MR) is 93.2 cm³/mol. The molecule has 128 valence electrons. The molecular formula is C18H24N4O2. The van der Waals surface area contributed by atoms with Gasteiger partial charge in [0.1, 0.15) is 0 Å². The zero-order valence-corrected chi connectivity index (χ0v) is 14.3. The van der Waals surface area contributed by atoms with Gasteiger partial charge in [-0.3, -0.25) is 4.79 Å². The Bertz CT molecular complexity index is 673. The monoisotopic (exact) mass is 328 g/mol. The smallest absolute Gasteiger partial charge is 0.290 e. The second kappa shape index (κ2) is 7.49. The highest BCUT2D eigenvalue weighted by atomic mass is 16.5. The summed E-state index contributed by atoms with van der Waals surface area (Å²) >= 11 is 0. The van der Waals surface area contributed by atoms with Crippen LogP contribution < -0.4 is 10.2 Å². The molecule has 1 saturated heterocycles. The van der Waals surface area contributed by atoms with E-state index >= 15 is 0 Å². The van der Waals surface area contributed by atoms with Crippen LogP contribution >= 0.6 is 0 Å². The molecule has 0 aliphatic carbocycles. The first kappa shape index (κ1) is 16.5. The van der Waals surface area contributed by atoms with Gasteiger partial charge in [-0.2, -0.15) is 0 Å². The first-order chi connectivity index (χ1) is 11.7. The first-order valence-electron chi connectivity index (χ1n) is 8.42. The summed E-state index contributed by atoms with van der Waals surface area (Å²) in [6.45, 7) is 6.74. The molecule has 2 heterocycles. The normalized spacial score (nSPS) is 15.5. The lowest BCUT2D eigenvalue weighted by Gasteiger charge is -2.34. The van der Waals surface area contributed by atoms with Crippen LogP contribution in [0.5, 0.6) is 0 Å². The highest BCUT2D eigenvalue weighted by Gasteiger charge is 2.14. The molecule has 0 atom stereocenters. The molecule has 1 N–H and O–H groups in total. The Morgan fingerprint density at radius 3 is 2.54 bits per heavy atom. The summed E-state index contributed by atoms with van der Waals surface area (Å²) in [7, 11) is 2.15. The number of likely N-dealkylation sites (N-methyl/N-ethyl adjacent to an activating group) is 1. The quantitative estimate of drug-likeness (QED) is 0.908. The van der Waals surface area contributed by atoms with Crippen LogP contribution in [-0.4, -0.2) is 49.2 Å². The Labute approximate surface area is 142 Å². The number of anilines is 1. The third kappa shape index (κ3) is 3.94. The second-order valence-corrected chi connectivity index (χ2v) is 6.18. The molecule has 1 aliphatic rings. The van der Waals surface area contributed by atoms with Crippen molar-refractivity contribution >= 4 is 11.6 Å².